The number of carbonyl (C=O) groups is 2. The standard InChI is InChI=1S/C19H29NO5/c1-14(17(21)24-6)13-20(18(22)19(2,3)4)11-12-25-16-9-7-15(23-5)8-10-16/h7-10,14H,11-13H2,1-6H3. The summed E-state index contributed by atoms with van der Waals surface area (Å²) >= 11 is 0. The van der Waals surface area contributed by atoms with Crippen molar-refractivity contribution < 1.29 is 23.8 Å². The highest BCUT2D eigenvalue weighted by Gasteiger charge is 2.29. The molecule has 0 N–H and O–H groups in total. The Morgan fingerprint density at radius 2 is 1.64 bits per heavy atom. The molecule has 0 saturated carbocycles. The molecule has 1 atom stereocenters. The van der Waals surface area contributed by atoms with Gasteiger partial charge < -0.3 is 19.1 Å². The molecule has 0 aliphatic carbocycles. The van der Waals surface area contributed by atoms with E-state index in [2.05, 4.69) is 0 Å². The number of hydrogen-bond donors (Lipinski definition) is 0. The van der Waals surface area contributed by atoms with Crippen LogP contribution in [0.3, 0.4) is 0 Å². The minimum atomic E-state index is -0.532. The number of hydrogen-bond acceptors (Lipinski definition) is 5. The maximum Gasteiger partial charge on any atom is 0.310 e. The monoisotopic (exact) mass is 351 g/mol. The summed E-state index contributed by atoms with van der Waals surface area (Å²) in [7, 11) is 2.95. The first-order valence-electron chi connectivity index (χ1n) is 8.33. The molecule has 0 aliphatic heterocycles. The zero-order valence-corrected chi connectivity index (χ0v) is 16.0. The van der Waals surface area contributed by atoms with Crippen molar-refractivity contribution in [2.24, 2.45) is 11.3 Å². The van der Waals surface area contributed by atoms with Crippen LogP contribution in [0.4, 0.5) is 0 Å². The van der Waals surface area contributed by atoms with Crippen LogP contribution in [0.1, 0.15) is 27.7 Å². The number of amides is 1. The molecule has 140 valence electrons. The Hall–Kier alpha value is -2.24. The van der Waals surface area contributed by atoms with Crippen molar-refractivity contribution in [3.63, 3.8) is 0 Å². The minimum absolute atomic E-state index is 0.0263. The summed E-state index contributed by atoms with van der Waals surface area (Å²) in [6.07, 6.45) is 0. The number of rotatable bonds is 8. The van der Waals surface area contributed by atoms with E-state index in [1.165, 1.54) is 7.11 Å². The Morgan fingerprint density at radius 1 is 1.08 bits per heavy atom. The fourth-order valence-corrected chi connectivity index (χ4v) is 2.30. The molecule has 1 rings (SSSR count). The van der Waals surface area contributed by atoms with Crippen molar-refractivity contribution in [2.45, 2.75) is 27.7 Å². The van der Waals surface area contributed by atoms with Crippen molar-refractivity contribution in [1.29, 1.82) is 0 Å². The Kier molecular flexibility index (Phi) is 7.74. The molecule has 0 spiro atoms. The lowest BCUT2D eigenvalue weighted by Crippen LogP contribution is -2.45. The van der Waals surface area contributed by atoms with Crippen molar-refractivity contribution in [2.75, 3.05) is 33.9 Å². The largest absolute Gasteiger partial charge is 0.497 e. The van der Waals surface area contributed by atoms with Gasteiger partial charge in [0.05, 0.1) is 26.7 Å². The van der Waals surface area contributed by atoms with E-state index in [-0.39, 0.29) is 11.9 Å². The fourth-order valence-electron chi connectivity index (χ4n) is 2.30. The summed E-state index contributed by atoms with van der Waals surface area (Å²) in [5.74, 6) is 0.704. The summed E-state index contributed by atoms with van der Waals surface area (Å²) in [5.41, 5.74) is -0.532. The van der Waals surface area contributed by atoms with E-state index in [1.54, 1.807) is 18.9 Å². The number of nitrogens with zero attached hydrogens (tertiary/aromatic N) is 1. The van der Waals surface area contributed by atoms with Gasteiger partial charge in [-0.05, 0) is 24.3 Å². The predicted molar refractivity (Wildman–Crippen MR) is 95.7 cm³/mol. The summed E-state index contributed by atoms with van der Waals surface area (Å²) in [5, 5.41) is 0. The second kappa shape index (κ2) is 9.30. The molecule has 0 saturated heterocycles. The normalized spacial score (nSPS) is 12.2. The van der Waals surface area contributed by atoms with Crippen LogP contribution in [0.5, 0.6) is 11.5 Å². The van der Waals surface area contributed by atoms with Gasteiger partial charge in [0.1, 0.15) is 18.1 Å². The van der Waals surface area contributed by atoms with E-state index in [9.17, 15) is 9.59 Å². The maximum absolute atomic E-state index is 12.6. The third-order valence-corrected chi connectivity index (χ3v) is 3.72. The van der Waals surface area contributed by atoms with Crippen LogP contribution in [-0.2, 0) is 14.3 Å². The van der Waals surface area contributed by atoms with Crippen LogP contribution in [0.15, 0.2) is 24.3 Å². The molecule has 0 heterocycles. The fraction of sp³-hybridized carbons (Fsp3) is 0.579. The smallest absolute Gasteiger partial charge is 0.310 e. The van der Waals surface area contributed by atoms with Crippen molar-refractivity contribution in [3.05, 3.63) is 24.3 Å². The highest BCUT2D eigenvalue weighted by atomic mass is 16.5. The number of methoxy groups -OCH3 is 2. The quantitative estimate of drug-likeness (QED) is 0.674. The van der Waals surface area contributed by atoms with Gasteiger partial charge in [-0.15, -0.1) is 0 Å². The SMILES string of the molecule is COC(=O)C(C)CN(CCOc1ccc(OC)cc1)C(=O)C(C)(C)C. The van der Waals surface area contributed by atoms with Crippen molar-refractivity contribution in [3.8, 4) is 11.5 Å². The van der Waals surface area contributed by atoms with Crippen LogP contribution in [-0.4, -0.2) is 50.7 Å². The molecular weight excluding hydrogens is 322 g/mol. The van der Waals surface area contributed by atoms with Gasteiger partial charge in [-0.1, -0.05) is 27.7 Å². The van der Waals surface area contributed by atoms with Gasteiger partial charge in [0.15, 0.2) is 0 Å². The Morgan fingerprint density at radius 3 is 2.12 bits per heavy atom. The second-order valence-electron chi connectivity index (χ2n) is 6.95. The molecule has 0 aromatic heterocycles. The van der Waals surface area contributed by atoms with Gasteiger partial charge >= 0.3 is 5.97 Å². The van der Waals surface area contributed by atoms with Crippen LogP contribution < -0.4 is 9.47 Å². The molecule has 6 heteroatoms. The predicted octanol–water partition coefficient (Wildman–Crippen LogP) is 2.76. The number of ether oxygens (including phenoxy) is 3. The zero-order chi connectivity index (χ0) is 19.0. The van der Waals surface area contributed by atoms with Gasteiger partial charge in [-0.2, -0.15) is 0 Å². The molecule has 1 amide bonds. The number of benzene rings is 1. The van der Waals surface area contributed by atoms with Gasteiger partial charge in [-0.25, -0.2) is 0 Å². The van der Waals surface area contributed by atoms with Crippen LogP contribution in [0, 0.1) is 11.3 Å². The van der Waals surface area contributed by atoms with Gasteiger partial charge in [0, 0.05) is 12.0 Å². The van der Waals surface area contributed by atoms with E-state index in [1.807, 2.05) is 45.0 Å². The first-order chi connectivity index (χ1) is 11.7. The Labute approximate surface area is 150 Å². The van der Waals surface area contributed by atoms with E-state index in [4.69, 9.17) is 14.2 Å². The van der Waals surface area contributed by atoms with E-state index >= 15 is 0 Å². The lowest BCUT2D eigenvalue weighted by atomic mass is 9.94. The summed E-state index contributed by atoms with van der Waals surface area (Å²) < 4.78 is 15.6. The van der Waals surface area contributed by atoms with Gasteiger partial charge in [0.25, 0.3) is 0 Å². The van der Waals surface area contributed by atoms with Crippen LogP contribution in [0.25, 0.3) is 0 Å². The van der Waals surface area contributed by atoms with Gasteiger partial charge in [0.2, 0.25) is 5.91 Å². The summed E-state index contributed by atoms with van der Waals surface area (Å²) in [6, 6.07) is 7.25. The molecule has 25 heavy (non-hydrogen) atoms. The third-order valence-electron chi connectivity index (χ3n) is 3.72. The lowest BCUT2D eigenvalue weighted by molar-refractivity contribution is -0.148. The third kappa shape index (κ3) is 6.64. The molecule has 6 nitrogen and oxygen atoms in total. The van der Waals surface area contributed by atoms with Gasteiger partial charge in [-0.3, -0.25) is 9.59 Å². The Balaban J connectivity index is 2.68. The number of esters is 1. The molecule has 1 aromatic carbocycles. The highest BCUT2D eigenvalue weighted by molar-refractivity contribution is 5.82. The van der Waals surface area contributed by atoms with Crippen LogP contribution in [0.2, 0.25) is 0 Å². The topological polar surface area (TPSA) is 65.1 Å². The molecule has 0 aliphatic rings. The molecule has 1 aromatic rings. The molecule has 0 fully saturated rings. The average Bonchev–Trinajstić information content (AvgIpc) is 2.59. The van der Waals surface area contributed by atoms with E-state index in [0.717, 1.165) is 5.75 Å². The van der Waals surface area contributed by atoms with E-state index in [0.29, 0.717) is 25.4 Å². The zero-order valence-electron chi connectivity index (χ0n) is 16.0. The molecule has 0 radical (unpaired) electrons. The summed E-state index contributed by atoms with van der Waals surface area (Å²) in [6.45, 7) is 8.35. The minimum Gasteiger partial charge on any atom is -0.497 e. The maximum atomic E-state index is 12.6. The number of carbonyl (C=O) groups excluding carboxylic acids is 2. The average molecular weight is 351 g/mol. The first kappa shape index (κ1) is 20.8. The van der Waals surface area contributed by atoms with Crippen molar-refractivity contribution >= 4 is 11.9 Å². The first-order valence-corrected chi connectivity index (χ1v) is 8.33. The van der Waals surface area contributed by atoms with Crippen LogP contribution >= 0.6 is 0 Å². The Bertz CT molecular complexity index is 562. The highest BCUT2D eigenvalue weighted by Crippen LogP contribution is 2.20. The van der Waals surface area contributed by atoms with Crippen molar-refractivity contribution in [1.82, 2.24) is 4.90 Å². The molecule has 0 bridgehead atoms. The second-order valence-corrected chi connectivity index (χ2v) is 6.95. The molecule has 1 unspecified atom stereocenters. The van der Waals surface area contributed by atoms with E-state index < -0.39 is 11.3 Å². The molecular formula is C19H29NO5. The lowest BCUT2D eigenvalue weighted by Gasteiger charge is -2.31. The summed E-state index contributed by atoms with van der Waals surface area (Å²) in [4.78, 5) is 26.0.